The molecule has 2 heteroatoms. The molecule has 3 atom stereocenters. The van der Waals surface area contributed by atoms with Crippen LogP contribution in [0.3, 0.4) is 0 Å². The van der Waals surface area contributed by atoms with E-state index < -0.39 is 0 Å². The summed E-state index contributed by atoms with van der Waals surface area (Å²) < 4.78 is 0. The molecule has 0 amide bonds. The largest absolute Gasteiger partial charge is 0.327 e. The molecule has 14 heavy (non-hydrogen) atoms. The van der Waals surface area contributed by atoms with Crippen molar-refractivity contribution in [3.8, 4) is 0 Å². The zero-order chi connectivity index (χ0) is 9.97. The van der Waals surface area contributed by atoms with Crippen molar-refractivity contribution in [2.24, 2.45) is 17.6 Å². The maximum absolute atomic E-state index is 6.11. The van der Waals surface area contributed by atoms with Crippen LogP contribution < -0.4 is 5.73 Å². The summed E-state index contributed by atoms with van der Waals surface area (Å²) in [6.45, 7) is 2.40. The van der Waals surface area contributed by atoms with Gasteiger partial charge in [0.25, 0.3) is 0 Å². The second kappa shape index (κ2) is 4.89. The van der Waals surface area contributed by atoms with E-state index >= 15 is 0 Å². The van der Waals surface area contributed by atoms with Gasteiger partial charge in [-0.1, -0.05) is 19.8 Å². The SMILES string of the molecule is CC1CCCC(SCC(N)C2CC2)C1. The summed E-state index contributed by atoms with van der Waals surface area (Å²) in [7, 11) is 0. The Labute approximate surface area is 92.2 Å². The molecule has 0 radical (unpaired) electrons. The number of hydrogen-bond donors (Lipinski definition) is 1. The topological polar surface area (TPSA) is 26.0 Å². The van der Waals surface area contributed by atoms with Crippen LogP contribution in [0.1, 0.15) is 45.4 Å². The molecule has 0 aromatic carbocycles. The van der Waals surface area contributed by atoms with Gasteiger partial charge in [0, 0.05) is 17.0 Å². The van der Waals surface area contributed by atoms with Gasteiger partial charge in [0.15, 0.2) is 0 Å². The molecule has 2 rings (SSSR count). The van der Waals surface area contributed by atoms with Gasteiger partial charge in [-0.25, -0.2) is 0 Å². The van der Waals surface area contributed by atoms with Gasteiger partial charge in [-0.2, -0.15) is 11.8 Å². The predicted octanol–water partition coefficient (Wildman–Crippen LogP) is 3.04. The van der Waals surface area contributed by atoms with E-state index in [4.69, 9.17) is 5.73 Å². The number of hydrogen-bond acceptors (Lipinski definition) is 2. The van der Waals surface area contributed by atoms with Crippen LogP contribution in [-0.2, 0) is 0 Å². The lowest BCUT2D eigenvalue weighted by atomic mass is 9.91. The summed E-state index contributed by atoms with van der Waals surface area (Å²) in [5.41, 5.74) is 6.11. The first-order chi connectivity index (χ1) is 6.75. The van der Waals surface area contributed by atoms with E-state index in [1.54, 1.807) is 0 Å². The van der Waals surface area contributed by atoms with Crippen LogP contribution >= 0.6 is 11.8 Å². The third-order valence-corrected chi connectivity index (χ3v) is 5.12. The molecule has 0 spiro atoms. The molecule has 2 aliphatic rings. The van der Waals surface area contributed by atoms with Crippen molar-refractivity contribution < 1.29 is 0 Å². The van der Waals surface area contributed by atoms with Crippen molar-refractivity contribution in [2.75, 3.05) is 5.75 Å². The second-order valence-corrected chi connectivity index (χ2v) is 6.56. The first-order valence-electron chi connectivity index (χ1n) is 6.13. The normalized spacial score (nSPS) is 35.6. The average molecular weight is 213 g/mol. The predicted molar refractivity (Wildman–Crippen MR) is 64.6 cm³/mol. The van der Waals surface area contributed by atoms with Crippen LogP contribution in [0.15, 0.2) is 0 Å². The van der Waals surface area contributed by atoms with Crippen LogP contribution in [-0.4, -0.2) is 17.0 Å². The van der Waals surface area contributed by atoms with Crippen LogP contribution in [0, 0.1) is 11.8 Å². The van der Waals surface area contributed by atoms with Crippen molar-refractivity contribution in [1.29, 1.82) is 0 Å². The summed E-state index contributed by atoms with van der Waals surface area (Å²) >= 11 is 2.15. The maximum atomic E-state index is 6.11. The number of nitrogens with two attached hydrogens (primary N) is 1. The molecule has 0 aromatic rings. The highest BCUT2D eigenvalue weighted by Crippen LogP contribution is 2.36. The lowest BCUT2D eigenvalue weighted by molar-refractivity contribution is 0.394. The lowest BCUT2D eigenvalue weighted by Gasteiger charge is -2.27. The van der Waals surface area contributed by atoms with Crippen molar-refractivity contribution in [3.05, 3.63) is 0 Å². The quantitative estimate of drug-likeness (QED) is 0.777. The smallest absolute Gasteiger partial charge is 0.0159 e. The first-order valence-corrected chi connectivity index (χ1v) is 7.17. The molecule has 82 valence electrons. The molecule has 2 saturated carbocycles. The molecule has 2 aliphatic carbocycles. The van der Waals surface area contributed by atoms with Crippen LogP contribution in [0.2, 0.25) is 0 Å². The van der Waals surface area contributed by atoms with Gasteiger partial charge in [-0.3, -0.25) is 0 Å². The molecular weight excluding hydrogens is 190 g/mol. The van der Waals surface area contributed by atoms with Crippen LogP contribution in [0.4, 0.5) is 0 Å². The second-order valence-electron chi connectivity index (χ2n) is 5.23. The molecule has 2 fully saturated rings. The van der Waals surface area contributed by atoms with E-state index in [1.807, 2.05) is 0 Å². The third-order valence-electron chi connectivity index (χ3n) is 3.64. The zero-order valence-corrected chi connectivity index (χ0v) is 10.1. The minimum atomic E-state index is 0.497. The molecule has 0 aliphatic heterocycles. The Balaban J connectivity index is 1.63. The Morgan fingerprint density at radius 3 is 2.71 bits per heavy atom. The number of rotatable bonds is 4. The summed E-state index contributed by atoms with van der Waals surface area (Å²) in [6, 6.07) is 0.497. The summed E-state index contributed by atoms with van der Waals surface area (Å²) in [5.74, 6) is 3.05. The Kier molecular flexibility index (Phi) is 3.78. The summed E-state index contributed by atoms with van der Waals surface area (Å²) in [4.78, 5) is 0. The Morgan fingerprint density at radius 1 is 1.29 bits per heavy atom. The molecule has 0 bridgehead atoms. The zero-order valence-electron chi connectivity index (χ0n) is 9.24. The molecule has 0 saturated heterocycles. The van der Waals surface area contributed by atoms with Gasteiger partial charge in [0.2, 0.25) is 0 Å². The Hall–Kier alpha value is 0.310. The van der Waals surface area contributed by atoms with E-state index in [0.717, 1.165) is 17.1 Å². The Bertz CT molecular complexity index is 179. The van der Waals surface area contributed by atoms with Crippen molar-refractivity contribution in [1.82, 2.24) is 0 Å². The van der Waals surface area contributed by atoms with Gasteiger partial charge >= 0.3 is 0 Å². The van der Waals surface area contributed by atoms with Crippen molar-refractivity contribution in [2.45, 2.75) is 56.7 Å². The monoisotopic (exact) mass is 213 g/mol. The van der Waals surface area contributed by atoms with Crippen LogP contribution in [0.25, 0.3) is 0 Å². The first kappa shape index (κ1) is 10.8. The third kappa shape index (κ3) is 3.16. The molecule has 2 N–H and O–H groups in total. The van der Waals surface area contributed by atoms with Gasteiger partial charge in [0.05, 0.1) is 0 Å². The molecule has 0 aromatic heterocycles. The molecule has 3 unspecified atom stereocenters. The van der Waals surface area contributed by atoms with Gasteiger partial charge in [-0.05, 0) is 37.5 Å². The minimum Gasteiger partial charge on any atom is -0.327 e. The van der Waals surface area contributed by atoms with E-state index in [0.29, 0.717) is 6.04 Å². The highest BCUT2D eigenvalue weighted by atomic mass is 32.2. The van der Waals surface area contributed by atoms with E-state index in [9.17, 15) is 0 Å². The van der Waals surface area contributed by atoms with E-state index in [1.165, 1.54) is 44.3 Å². The number of thioether (sulfide) groups is 1. The summed E-state index contributed by atoms with van der Waals surface area (Å²) in [6.07, 6.45) is 8.54. The van der Waals surface area contributed by atoms with Gasteiger partial charge in [0.1, 0.15) is 0 Å². The molecular formula is C12H23NS. The Morgan fingerprint density at radius 2 is 2.07 bits per heavy atom. The fourth-order valence-corrected chi connectivity index (χ4v) is 4.00. The lowest BCUT2D eigenvalue weighted by Crippen LogP contribution is -2.27. The minimum absolute atomic E-state index is 0.497. The fraction of sp³-hybridized carbons (Fsp3) is 1.00. The van der Waals surface area contributed by atoms with Crippen molar-refractivity contribution >= 4 is 11.8 Å². The van der Waals surface area contributed by atoms with Gasteiger partial charge in [-0.15, -0.1) is 0 Å². The summed E-state index contributed by atoms with van der Waals surface area (Å²) in [5, 5.41) is 0.920. The van der Waals surface area contributed by atoms with E-state index in [2.05, 4.69) is 18.7 Å². The highest BCUT2D eigenvalue weighted by Gasteiger charge is 2.29. The molecule has 0 heterocycles. The fourth-order valence-electron chi connectivity index (χ4n) is 2.44. The highest BCUT2D eigenvalue weighted by molar-refractivity contribution is 7.99. The van der Waals surface area contributed by atoms with Gasteiger partial charge < -0.3 is 5.73 Å². The molecule has 1 nitrogen and oxygen atoms in total. The average Bonchev–Trinajstić information content (AvgIpc) is 2.97. The standard InChI is InChI=1S/C12H23NS/c1-9-3-2-4-11(7-9)14-8-12(13)10-5-6-10/h9-12H,2-8,13H2,1H3. The van der Waals surface area contributed by atoms with Crippen molar-refractivity contribution in [3.63, 3.8) is 0 Å². The van der Waals surface area contributed by atoms with E-state index in [-0.39, 0.29) is 0 Å². The maximum Gasteiger partial charge on any atom is 0.0159 e. The van der Waals surface area contributed by atoms with Crippen LogP contribution in [0.5, 0.6) is 0 Å².